The molecule has 0 radical (unpaired) electrons. The Morgan fingerprint density at radius 2 is 1.00 bits per heavy atom. The maximum Gasteiger partial charge on any atom is 0.220 e. The van der Waals surface area contributed by atoms with Crippen LogP contribution in [-0.4, -0.2) is 87.5 Å². The van der Waals surface area contributed by atoms with E-state index in [1.807, 2.05) is 18.2 Å². The molecule has 0 spiro atoms. The Bertz CT molecular complexity index is 1240. The molecule has 0 saturated carbocycles. The van der Waals surface area contributed by atoms with Gasteiger partial charge in [0, 0.05) is 6.42 Å². The molecule has 356 valence electrons. The first-order valence-electron chi connectivity index (χ1n) is 24.8. The number of nitrogens with one attached hydrogen (secondary N) is 1. The first kappa shape index (κ1) is 57.4. The topological polar surface area (TPSA) is 149 Å². The van der Waals surface area contributed by atoms with Crippen LogP contribution in [0, 0.1) is 0 Å². The highest BCUT2D eigenvalue weighted by atomic mass is 16.7. The van der Waals surface area contributed by atoms with Gasteiger partial charge >= 0.3 is 0 Å². The lowest BCUT2D eigenvalue weighted by molar-refractivity contribution is -0.302. The summed E-state index contributed by atoms with van der Waals surface area (Å²) in [5, 5.41) is 54.2. The third-order valence-electron chi connectivity index (χ3n) is 11.2. The summed E-state index contributed by atoms with van der Waals surface area (Å²) in [6.07, 6.45) is 52.1. The van der Waals surface area contributed by atoms with Gasteiger partial charge < -0.3 is 40.3 Å². The van der Waals surface area contributed by atoms with Crippen molar-refractivity contribution in [1.82, 2.24) is 5.32 Å². The Balaban J connectivity index is 2.39. The number of hydrogen-bond donors (Lipinski definition) is 6. The Morgan fingerprint density at radius 3 is 1.45 bits per heavy atom. The molecular weight excluding hydrogens is 779 g/mol. The van der Waals surface area contributed by atoms with E-state index in [2.05, 4.69) is 79.9 Å². The van der Waals surface area contributed by atoms with Crippen molar-refractivity contribution in [2.45, 2.75) is 230 Å². The molecule has 1 rings (SSSR count). The molecule has 0 aromatic carbocycles. The number of ether oxygens (including phenoxy) is 2. The van der Waals surface area contributed by atoms with Gasteiger partial charge in [-0.25, -0.2) is 0 Å². The van der Waals surface area contributed by atoms with Gasteiger partial charge in [-0.3, -0.25) is 4.79 Å². The summed E-state index contributed by atoms with van der Waals surface area (Å²) in [5.41, 5.74) is 0. The Labute approximate surface area is 378 Å². The molecule has 9 nitrogen and oxygen atoms in total. The van der Waals surface area contributed by atoms with E-state index in [1.165, 1.54) is 103 Å². The maximum atomic E-state index is 13.0. The first-order valence-corrected chi connectivity index (χ1v) is 24.8. The van der Waals surface area contributed by atoms with E-state index in [1.54, 1.807) is 6.08 Å². The molecular formula is C53H91NO8. The van der Waals surface area contributed by atoms with Gasteiger partial charge in [-0.15, -0.1) is 0 Å². The summed E-state index contributed by atoms with van der Waals surface area (Å²) >= 11 is 0. The number of amides is 1. The molecule has 1 saturated heterocycles. The number of unbranched alkanes of at least 4 members (excludes halogenated alkanes) is 18. The quantitative estimate of drug-likeness (QED) is 0.0263. The van der Waals surface area contributed by atoms with Crippen molar-refractivity contribution in [2.24, 2.45) is 0 Å². The number of allylic oxidation sites excluding steroid dienone is 13. The van der Waals surface area contributed by atoms with Gasteiger partial charge in [0.2, 0.25) is 5.91 Å². The van der Waals surface area contributed by atoms with E-state index in [0.29, 0.717) is 6.42 Å². The van der Waals surface area contributed by atoms with Crippen LogP contribution in [0.3, 0.4) is 0 Å². The van der Waals surface area contributed by atoms with E-state index in [4.69, 9.17) is 9.47 Å². The molecule has 1 aliphatic rings. The number of aliphatic hydroxyl groups is 5. The zero-order valence-electron chi connectivity index (χ0n) is 39.1. The SMILES string of the molecule is CC/C=C\C/C=C\C/C=C\C/C=C\C/C=C\C/C=C\CCC(=O)NC(COC1OC(CO)C(O)C(O)C1O)C(O)/C=C/CCCCCCCCCCCCCCCCCCCC. The highest BCUT2D eigenvalue weighted by molar-refractivity contribution is 5.76. The first-order chi connectivity index (χ1) is 30.3. The lowest BCUT2D eigenvalue weighted by Gasteiger charge is -2.40. The van der Waals surface area contributed by atoms with Gasteiger partial charge in [0.05, 0.1) is 25.4 Å². The van der Waals surface area contributed by atoms with Crippen LogP contribution in [0.5, 0.6) is 0 Å². The summed E-state index contributed by atoms with van der Waals surface area (Å²) in [6, 6.07) is -0.850. The fourth-order valence-corrected chi connectivity index (χ4v) is 7.30. The molecule has 6 N–H and O–H groups in total. The highest BCUT2D eigenvalue weighted by Gasteiger charge is 2.44. The van der Waals surface area contributed by atoms with Crippen LogP contribution in [0.25, 0.3) is 0 Å². The average Bonchev–Trinajstić information content (AvgIpc) is 3.27. The van der Waals surface area contributed by atoms with Crippen LogP contribution in [0.4, 0.5) is 0 Å². The van der Waals surface area contributed by atoms with Crippen LogP contribution in [0.1, 0.15) is 187 Å². The minimum atomic E-state index is -1.58. The second-order valence-electron chi connectivity index (χ2n) is 16.9. The van der Waals surface area contributed by atoms with Gasteiger partial charge in [-0.1, -0.05) is 208 Å². The summed E-state index contributed by atoms with van der Waals surface area (Å²) in [6.45, 7) is 3.61. The smallest absolute Gasteiger partial charge is 0.220 e. The van der Waals surface area contributed by atoms with Crippen molar-refractivity contribution in [3.8, 4) is 0 Å². The summed E-state index contributed by atoms with van der Waals surface area (Å²) in [4.78, 5) is 13.0. The number of hydrogen-bond acceptors (Lipinski definition) is 8. The molecule has 1 fully saturated rings. The van der Waals surface area contributed by atoms with Crippen LogP contribution in [0.2, 0.25) is 0 Å². The third kappa shape index (κ3) is 32.1. The summed E-state index contributed by atoms with van der Waals surface area (Å²) in [5.74, 6) is -0.261. The van der Waals surface area contributed by atoms with Crippen molar-refractivity contribution < 1.29 is 39.8 Å². The molecule has 1 heterocycles. The largest absolute Gasteiger partial charge is 0.394 e. The molecule has 1 aliphatic heterocycles. The lowest BCUT2D eigenvalue weighted by Crippen LogP contribution is -2.60. The zero-order chi connectivity index (χ0) is 45.1. The fourth-order valence-electron chi connectivity index (χ4n) is 7.30. The third-order valence-corrected chi connectivity index (χ3v) is 11.2. The molecule has 62 heavy (non-hydrogen) atoms. The van der Waals surface area contributed by atoms with E-state index in [9.17, 15) is 30.3 Å². The number of carbonyl (C=O) groups excluding carboxylic acids is 1. The highest BCUT2D eigenvalue weighted by Crippen LogP contribution is 2.22. The van der Waals surface area contributed by atoms with Crippen LogP contribution < -0.4 is 5.32 Å². The maximum absolute atomic E-state index is 13.0. The molecule has 9 heteroatoms. The van der Waals surface area contributed by atoms with Crippen molar-refractivity contribution in [1.29, 1.82) is 0 Å². The average molecular weight is 870 g/mol. The standard InChI is InChI=1S/C53H91NO8/c1-3-5-7-9-11-13-15-17-19-21-23-25-26-28-30-32-34-36-38-40-42-47(56)46(45-61-53-52(60)51(59)50(58)48(44-55)62-53)54-49(57)43-41-39-37-35-33-31-29-27-24-22-20-18-16-14-12-10-8-6-4-2/h6,8,12,14,18,20,24,27,31,33,37,39-40,42,46-48,50-53,55-56,58-60H,3-5,7,9-11,13,15-17,19,21-23,25-26,28-30,32,34-36,38,41,43-45H2,1-2H3,(H,54,57)/b8-6-,14-12-,20-18-,27-24-,33-31-,39-37-,42-40+. The second-order valence-corrected chi connectivity index (χ2v) is 16.9. The van der Waals surface area contributed by atoms with Crippen LogP contribution in [-0.2, 0) is 14.3 Å². The van der Waals surface area contributed by atoms with E-state index < -0.39 is 49.5 Å². The Kier molecular flexibility index (Phi) is 39.2. The van der Waals surface area contributed by atoms with Crippen molar-refractivity contribution in [3.05, 3.63) is 85.1 Å². The van der Waals surface area contributed by atoms with Gasteiger partial charge in [0.15, 0.2) is 6.29 Å². The monoisotopic (exact) mass is 870 g/mol. The van der Waals surface area contributed by atoms with Crippen molar-refractivity contribution >= 4 is 5.91 Å². The predicted octanol–water partition coefficient (Wildman–Crippen LogP) is 11.1. The van der Waals surface area contributed by atoms with E-state index in [0.717, 1.165) is 57.8 Å². The number of rotatable bonds is 40. The summed E-state index contributed by atoms with van der Waals surface area (Å²) < 4.78 is 11.2. The second kappa shape index (κ2) is 42.3. The van der Waals surface area contributed by atoms with Gasteiger partial charge in [-0.05, 0) is 57.8 Å². The van der Waals surface area contributed by atoms with Gasteiger partial charge in [0.25, 0.3) is 0 Å². The fraction of sp³-hybridized carbons (Fsp3) is 0.717. The molecule has 1 amide bonds. The minimum Gasteiger partial charge on any atom is -0.394 e. The molecule has 7 unspecified atom stereocenters. The molecule has 0 bridgehead atoms. The number of aliphatic hydroxyl groups excluding tert-OH is 5. The summed E-state index contributed by atoms with van der Waals surface area (Å²) in [7, 11) is 0. The van der Waals surface area contributed by atoms with Gasteiger partial charge in [-0.2, -0.15) is 0 Å². The predicted molar refractivity (Wildman–Crippen MR) is 258 cm³/mol. The molecule has 0 aliphatic carbocycles. The van der Waals surface area contributed by atoms with E-state index >= 15 is 0 Å². The van der Waals surface area contributed by atoms with Crippen LogP contribution in [0.15, 0.2) is 85.1 Å². The number of carbonyl (C=O) groups is 1. The zero-order valence-corrected chi connectivity index (χ0v) is 39.1. The Morgan fingerprint density at radius 1 is 0.565 bits per heavy atom. The van der Waals surface area contributed by atoms with Crippen molar-refractivity contribution in [2.75, 3.05) is 13.2 Å². The lowest BCUT2D eigenvalue weighted by atomic mass is 9.99. The molecule has 0 aromatic heterocycles. The van der Waals surface area contributed by atoms with E-state index in [-0.39, 0.29) is 18.9 Å². The minimum absolute atomic E-state index is 0.217. The van der Waals surface area contributed by atoms with Gasteiger partial charge in [0.1, 0.15) is 24.4 Å². The van der Waals surface area contributed by atoms with Crippen LogP contribution >= 0.6 is 0 Å². The molecule has 0 aromatic rings. The Hall–Kier alpha value is -2.63. The normalized spacial score (nSPS) is 21.0. The van der Waals surface area contributed by atoms with Crippen molar-refractivity contribution in [3.63, 3.8) is 0 Å². The molecule has 7 atom stereocenters.